The number of hydrogen-bond acceptors (Lipinski definition) is 7. The van der Waals surface area contributed by atoms with Crippen LogP contribution in [0.1, 0.15) is 35.5 Å². The Morgan fingerprint density at radius 2 is 2.14 bits per heavy atom. The van der Waals surface area contributed by atoms with Gasteiger partial charge in [0.25, 0.3) is 5.91 Å². The maximum Gasteiger partial charge on any atom is 0.290 e. The molecule has 0 bridgehead atoms. The van der Waals surface area contributed by atoms with Crippen molar-refractivity contribution in [2.75, 3.05) is 19.0 Å². The van der Waals surface area contributed by atoms with Crippen molar-refractivity contribution in [1.82, 2.24) is 34.2 Å². The molecule has 0 fully saturated rings. The largest absolute Gasteiger partial charge is 0.382 e. The molecule has 11 heteroatoms. The van der Waals surface area contributed by atoms with E-state index < -0.39 is 31.8 Å². The highest BCUT2D eigenvalue weighted by atomic mass is 19.1. The number of halogens is 1. The molecule has 36 heavy (non-hydrogen) atoms. The van der Waals surface area contributed by atoms with Gasteiger partial charge in [-0.3, -0.25) is 9.48 Å². The first-order valence-corrected chi connectivity index (χ1v) is 11.1. The number of hydrogen-bond donors (Lipinski definition) is 1. The number of nitrogens with one attached hydrogen (secondary N) is 1. The van der Waals surface area contributed by atoms with Gasteiger partial charge in [0.05, 0.1) is 28.7 Å². The molecule has 0 aliphatic carbocycles. The number of imidazole rings is 1. The van der Waals surface area contributed by atoms with Gasteiger partial charge in [-0.1, -0.05) is 12.1 Å². The number of aromatic nitrogens is 6. The zero-order valence-corrected chi connectivity index (χ0v) is 19.6. The number of carbonyl (C=O) groups is 1. The van der Waals surface area contributed by atoms with Crippen LogP contribution in [-0.2, 0) is 24.8 Å². The summed E-state index contributed by atoms with van der Waals surface area (Å²) >= 11 is 0. The molecule has 1 atom stereocenters. The highest BCUT2D eigenvalue weighted by molar-refractivity contribution is 5.92. The van der Waals surface area contributed by atoms with Crippen molar-refractivity contribution < 1.29 is 22.1 Å². The van der Waals surface area contributed by atoms with Crippen molar-refractivity contribution in [3.05, 3.63) is 71.2 Å². The van der Waals surface area contributed by atoms with Gasteiger partial charge >= 0.3 is 0 Å². The number of methoxy groups -OCH3 is 1. The second-order valence-electron chi connectivity index (χ2n) is 8.56. The summed E-state index contributed by atoms with van der Waals surface area (Å²) in [6, 6.07) is 5.45. The first-order chi connectivity index (χ1) is 19.7. The minimum Gasteiger partial charge on any atom is -0.382 e. The van der Waals surface area contributed by atoms with Crippen molar-refractivity contribution in [2.24, 2.45) is 6.98 Å². The van der Waals surface area contributed by atoms with Crippen LogP contribution in [0.15, 0.2) is 42.9 Å². The zero-order chi connectivity index (χ0) is 30.4. The van der Waals surface area contributed by atoms with Crippen LogP contribution in [0.25, 0.3) is 11.4 Å². The maximum atomic E-state index is 14.3. The van der Waals surface area contributed by atoms with E-state index in [2.05, 4.69) is 25.4 Å². The van der Waals surface area contributed by atoms with Gasteiger partial charge < -0.3 is 19.5 Å². The van der Waals surface area contributed by atoms with Crippen LogP contribution in [0.4, 0.5) is 16.2 Å². The number of nitrogens with zero attached hydrogens (tertiary/aromatic N) is 7. The van der Waals surface area contributed by atoms with Crippen molar-refractivity contribution in [2.45, 2.75) is 33.0 Å². The molecule has 4 heterocycles. The summed E-state index contributed by atoms with van der Waals surface area (Å²) in [5.41, 5.74) is 2.38. The molecule has 0 spiro atoms. The molecule has 1 aliphatic rings. The van der Waals surface area contributed by atoms with Crippen LogP contribution in [-0.4, -0.2) is 59.8 Å². The van der Waals surface area contributed by atoms with E-state index in [4.69, 9.17) is 13.0 Å². The Bertz CT molecular complexity index is 1630. The van der Waals surface area contributed by atoms with Gasteiger partial charge in [-0.25, -0.2) is 19.3 Å². The van der Waals surface area contributed by atoms with Crippen LogP contribution in [0.2, 0.25) is 0 Å². The molecular formula is C25H27FN8O2. The van der Waals surface area contributed by atoms with Gasteiger partial charge in [0.15, 0.2) is 5.82 Å². The lowest BCUT2D eigenvalue weighted by Crippen LogP contribution is -2.49. The molecule has 0 radical (unpaired) electrons. The zero-order valence-electron chi connectivity index (χ0n) is 25.6. The van der Waals surface area contributed by atoms with Crippen molar-refractivity contribution in [3.63, 3.8) is 0 Å². The number of anilines is 2. The summed E-state index contributed by atoms with van der Waals surface area (Å²) in [5, 5.41) is 6.69. The molecule has 5 rings (SSSR count). The summed E-state index contributed by atoms with van der Waals surface area (Å²) in [7, 11) is -2.67. The van der Waals surface area contributed by atoms with Crippen LogP contribution in [0, 0.1) is 19.7 Å². The Balaban J connectivity index is 1.46. The van der Waals surface area contributed by atoms with E-state index in [9.17, 15) is 9.18 Å². The molecule has 1 aromatic carbocycles. The van der Waals surface area contributed by atoms with E-state index >= 15 is 0 Å². The number of rotatable bonds is 7. The summed E-state index contributed by atoms with van der Waals surface area (Å²) in [5.74, 6) is -0.563. The molecular weight excluding hydrogens is 463 g/mol. The lowest BCUT2D eigenvalue weighted by Gasteiger charge is -2.35. The monoisotopic (exact) mass is 496 g/mol. The van der Waals surface area contributed by atoms with Gasteiger partial charge in [0.2, 0.25) is 5.95 Å². The normalized spacial score (nSPS) is 18.5. The third-order valence-corrected chi connectivity index (χ3v) is 6.04. The van der Waals surface area contributed by atoms with Crippen molar-refractivity contribution in [3.8, 4) is 11.4 Å². The molecule has 4 aromatic rings. The predicted molar refractivity (Wildman–Crippen MR) is 131 cm³/mol. The van der Waals surface area contributed by atoms with Gasteiger partial charge in [-0.2, -0.15) is 5.10 Å². The lowest BCUT2D eigenvalue weighted by molar-refractivity contribution is 0.0380. The summed E-state index contributed by atoms with van der Waals surface area (Å²) in [6.07, 6.45) is 4.50. The highest BCUT2D eigenvalue weighted by Crippen LogP contribution is 2.27. The first-order valence-electron chi connectivity index (χ1n) is 14.1. The van der Waals surface area contributed by atoms with Crippen LogP contribution >= 0.6 is 0 Å². The number of fused-ring (bicyclic) bond motifs is 1. The predicted octanol–water partition coefficient (Wildman–Crippen LogP) is 3.24. The minimum atomic E-state index is -2.67. The summed E-state index contributed by atoms with van der Waals surface area (Å²) in [4.78, 5) is 28.4. The minimum absolute atomic E-state index is 0.0189. The topological polar surface area (TPSA) is 103 Å². The van der Waals surface area contributed by atoms with Crippen LogP contribution in [0.3, 0.4) is 0 Å². The molecule has 0 saturated heterocycles. The SMILES string of the molecule is [2H]C([2H])([2H])OC[C@H]1Cn2cc(-c3nc(Nc4ccnn4C([2H])([2H])[2H])ncc3C)nc2C(=O)N1Cc1ccc(C)c(F)c1. The second-order valence-corrected chi connectivity index (χ2v) is 8.56. The van der Waals surface area contributed by atoms with Gasteiger partial charge in [0.1, 0.15) is 17.3 Å². The van der Waals surface area contributed by atoms with Gasteiger partial charge in [0, 0.05) is 49.7 Å². The van der Waals surface area contributed by atoms with Gasteiger partial charge in [-0.15, -0.1) is 0 Å². The quantitative estimate of drug-likeness (QED) is 0.419. The fourth-order valence-corrected chi connectivity index (χ4v) is 4.11. The first kappa shape index (κ1) is 17.3. The van der Waals surface area contributed by atoms with E-state index in [0.29, 0.717) is 28.1 Å². The Hall–Kier alpha value is -4.12. The second kappa shape index (κ2) is 9.50. The Morgan fingerprint density at radius 1 is 1.25 bits per heavy atom. The summed E-state index contributed by atoms with van der Waals surface area (Å²) < 4.78 is 67.0. The summed E-state index contributed by atoms with van der Waals surface area (Å²) in [6.45, 7) is 0.794. The molecule has 1 N–H and O–H groups in total. The van der Waals surface area contributed by atoms with Crippen LogP contribution in [0.5, 0.6) is 0 Å². The molecule has 186 valence electrons. The molecule has 1 amide bonds. The maximum absolute atomic E-state index is 14.3. The fraction of sp³-hybridized carbons (Fsp3) is 0.320. The molecule has 1 aliphatic heterocycles. The molecule has 0 unspecified atom stereocenters. The third-order valence-electron chi connectivity index (χ3n) is 6.04. The number of amides is 1. The average Bonchev–Trinajstić information content (AvgIpc) is 3.55. The van der Waals surface area contributed by atoms with Gasteiger partial charge in [-0.05, 0) is 36.6 Å². The number of aryl methyl sites for hydroxylation is 3. The average molecular weight is 497 g/mol. The lowest BCUT2D eigenvalue weighted by atomic mass is 10.1. The third kappa shape index (κ3) is 4.44. The van der Waals surface area contributed by atoms with E-state index in [1.54, 1.807) is 36.7 Å². The smallest absolute Gasteiger partial charge is 0.290 e. The Labute approximate surface area is 216 Å². The number of ether oxygens (including phenoxy) is 1. The van der Waals surface area contributed by atoms with E-state index in [0.717, 1.165) is 4.68 Å². The number of carbonyl (C=O) groups excluding carboxylic acids is 1. The van der Waals surface area contributed by atoms with Crippen LogP contribution < -0.4 is 5.32 Å². The fourth-order valence-electron chi connectivity index (χ4n) is 4.11. The standard InChI is InChI=1S/C25H27FN8O2/c1-15-5-6-17(9-19(15)26)11-34-18(14-36-4)12-33-13-20(29-23(33)24(34)35)22-16(2)10-27-25(31-22)30-21-7-8-28-32(21)3/h5-10,13,18H,11-12,14H2,1-4H3,(H,27,30,31)/t18-/m1/s1/i3D3,4D3. The molecule has 3 aromatic heterocycles. The highest BCUT2D eigenvalue weighted by Gasteiger charge is 2.35. The van der Waals surface area contributed by atoms with E-state index in [-0.39, 0.29) is 37.3 Å². The molecule has 10 nitrogen and oxygen atoms in total. The van der Waals surface area contributed by atoms with Crippen molar-refractivity contribution >= 4 is 17.7 Å². The number of benzene rings is 1. The Kier molecular flexibility index (Phi) is 4.57. The Morgan fingerprint density at radius 3 is 2.94 bits per heavy atom. The van der Waals surface area contributed by atoms with E-state index in [1.165, 1.54) is 29.4 Å². The van der Waals surface area contributed by atoms with Crippen molar-refractivity contribution in [1.29, 1.82) is 0 Å². The van der Waals surface area contributed by atoms with E-state index in [1.807, 2.05) is 0 Å². The molecule has 0 saturated carbocycles.